The minimum atomic E-state index is -4.44. The molecule has 3 N–H and O–H groups in total. The fraction of sp³-hybridized carbons (Fsp3) is 0.290. The Bertz CT molecular complexity index is 1940. The molecule has 2 aliphatic rings. The number of amides is 1. The van der Waals surface area contributed by atoms with Crippen molar-refractivity contribution < 1.29 is 31.2 Å². The number of rotatable bonds is 8. The molecule has 3 aromatic rings. The van der Waals surface area contributed by atoms with E-state index in [9.17, 15) is 31.2 Å². The second kappa shape index (κ2) is 11.3. The first-order chi connectivity index (χ1) is 20.6. The third kappa shape index (κ3) is 5.76. The minimum Gasteiger partial charge on any atom is -0.341 e. The lowest BCUT2D eigenvalue weighted by atomic mass is 9.63. The largest absolute Gasteiger partial charge is 0.341 e. The van der Waals surface area contributed by atoms with Crippen LogP contribution in [0.15, 0.2) is 80.9 Å². The van der Waals surface area contributed by atoms with E-state index in [1.54, 1.807) is 31.2 Å². The van der Waals surface area contributed by atoms with Gasteiger partial charge in [-0.05, 0) is 73.7 Å². The summed E-state index contributed by atoms with van der Waals surface area (Å²) in [7, 11) is -8.56. The van der Waals surface area contributed by atoms with Crippen molar-refractivity contribution >= 4 is 60.4 Å². The number of hydrogen-bond donors (Lipinski definition) is 3. The highest BCUT2D eigenvalue weighted by Crippen LogP contribution is 2.43. The van der Waals surface area contributed by atoms with E-state index in [2.05, 4.69) is 19.8 Å². The van der Waals surface area contributed by atoms with E-state index in [-0.39, 0.29) is 32.9 Å². The molecule has 230 valence electrons. The van der Waals surface area contributed by atoms with E-state index in [0.29, 0.717) is 29.2 Å². The maximum Gasteiger partial charge on any atom is 0.286 e. The number of ketones is 2. The highest BCUT2D eigenvalue weighted by atomic mass is 32.2. The molecule has 0 saturated carbocycles. The predicted molar refractivity (Wildman–Crippen MR) is 167 cm³/mol. The summed E-state index contributed by atoms with van der Waals surface area (Å²) in [4.78, 5) is 38.5. The third-order valence-corrected chi connectivity index (χ3v) is 10.6. The molecule has 13 heteroatoms. The lowest BCUT2D eigenvalue weighted by Crippen LogP contribution is -2.51. The van der Waals surface area contributed by atoms with Crippen molar-refractivity contribution in [2.24, 2.45) is 16.2 Å². The molecule has 2 unspecified atom stereocenters. The summed E-state index contributed by atoms with van der Waals surface area (Å²) < 4.78 is 59.0. The van der Waals surface area contributed by atoms with Crippen LogP contribution in [0.5, 0.6) is 0 Å². The lowest BCUT2D eigenvalue weighted by molar-refractivity contribution is -0.125. The van der Waals surface area contributed by atoms with E-state index in [1.807, 2.05) is 13.8 Å². The van der Waals surface area contributed by atoms with Gasteiger partial charge in [0.15, 0.2) is 11.6 Å². The molecule has 0 spiro atoms. The second-order valence-corrected chi connectivity index (χ2v) is 14.8. The van der Waals surface area contributed by atoms with Gasteiger partial charge < -0.3 is 10.6 Å². The molecule has 1 aliphatic carbocycles. The molecule has 5 rings (SSSR count). The Morgan fingerprint density at radius 2 is 1.68 bits per heavy atom. The van der Waals surface area contributed by atoms with Gasteiger partial charge in [0.25, 0.3) is 20.0 Å². The zero-order chi connectivity index (χ0) is 32.0. The molecule has 3 aromatic carbocycles. The number of amidine groups is 1. The van der Waals surface area contributed by atoms with Gasteiger partial charge in [-0.25, -0.2) is 8.42 Å². The number of carbonyl (C=O) groups excluding carboxylic acids is 3. The summed E-state index contributed by atoms with van der Waals surface area (Å²) in [6, 6.07) is 16.2. The first kappa shape index (κ1) is 31.1. The van der Waals surface area contributed by atoms with Crippen LogP contribution in [0.3, 0.4) is 0 Å². The smallest absolute Gasteiger partial charge is 0.286 e. The maximum absolute atomic E-state index is 14.0. The van der Waals surface area contributed by atoms with Gasteiger partial charge in [0.1, 0.15) is 16.6 Å². The number of carbonyl (C=O) groups is 3. The quantitative estimate of drug-likeness (QED) is 0.298. The van der Waals surface area contributed by atoms with Crippen LogP contribution < -0.4 is 15.4 Å². The van der Waals surface area contributed by atoms with Crippen LogP contribution in [0, 0.1) is 11.8 Å². The average Bonchev–Trinajstić information content (AvgIpc) is 2.95. The van der Waals surface area contributed by atoms with Crippen LogP contribution >= 0.6 is 0 Å². The summed E-state index contributed by atoms with van der Waals surface area (Å²) in [6.07, 6.45) is 1.19. The Hall–Kier alpha value is -4.36. The summed E-state index contributed by atoms with van der Waals surface area (Å²) >= 11 is 0. The Kier molecular flexibility index (Phi) is 7.97. The highest BCUT2D eigenvalue weighted by Gasteiger charge is 2.51. The van der Waals surface area contributed by atoms with Gasteiger partial charge in [0.05, 0.1) is 21.7 Å². The Balaban J connectivity index is 1.46. The van der Waals surface area contributed by atoms with Crippen molar-refractivity contribution in [3.05, 3.63) is 77.9 Å². The predicted octanol–water partition coefficient (Wildman–Crippen LogP) is 4.73. The average molecular weight is 637 g/mol. The number of nitrogens with zero attached hydrogens (tertiary/aromatic N) is 1. The van der Waals surface area contributed by atoms with E-state index >= 15 is 0 Å². The zero-order valence-electron chi connectivity index (χ0n) is 24.5. The molecule has 1 heterocycles. The van der Waals surface area contributed by atoms with Gasteiger partial charge in [0, 0.05) is 18.2 Å². The van der Waals surface area contributed by atoms with E-state index in [0.717, 1.165) is 12.5 Å². The zero-order valence-corrected chi connectivity index (χ0v) is 26.2. The number of Topliss-reactive ketones (excluding diaryl/α,β-unsaturated/α-hetero) is 2. The molecule has 0 radical (unpaired) electrons. The van der Waals surface area contributed by atoms with Crippen molar-refractivity contribution in [2.75, 3.05) is 15.4 Å². The van der Waals surface area contributed by atoms with Crippen molar-refractivity contribution in [3.8, 4) is 0 Å². The topological polar surface area (TPSA) is 168 Å². The third-order valence-electron chi connectivity index (χ3n) is 7.83. The summed E-state index contributed by atoms with van der Waals surface area (Å²) in [5.74, 6) is -2.72. The SMILES string of the molecule is CC(=O)Nc1ccc(S(=O)(=O)Nc2ccc3c(c2)S(=O)(=O)N=C(C2C(=O)c4ccccc4C(C)(CCC(C)C)C2=O)N3)cc1. The summed E-state index contributed by atoms with van der Waals surface area (Å²) in [5, 5.41) is 5.42. The van der Waals surface area contributed by atoms with Crippen molar-refractivity contribution in [2.45, 2.75) is 55.7 Å². The number of nitrogens with one attached hydrogen (secondary N) is 3. The molecule has 0 aromatic heterocycles. The summed E-state index contributed by atoms with van der Waals surface area (Å²) in [6.45, 7) is 7.19. The van der Waals surface area contributed by atoms with Gasteiger partial charge in [-0.1, -0.05) is 38.1 Å². The molecule has 11 nitrogen and oxygen atoms in total. The molecular weight excluding hydrogens is 604 g/mol. The molecule has 0 saturated heterocycles. The number of benzene rings is 3. The van der Waals surface area contributed by atoms with Gasteiger partial charge in [-0.3, -0.25) is 19.1 Å². The van der Waals surface area contributed by atoms with Gasteiger partial charge in [-0.15, -0.1) is 4.40 Å². The summed E-state index contributed by atoms with van der Waals surface area (Å²) in [5.41, 5.74) is 0.365. The van der Waals surface area contributed by atoms with Crippen LogP contribution in [-0.2, 0) is 35.1 Å². The molecule has 0 bridgehead atoms. The maximum atomic E-state index is 14.0. The molecule has 1 amide bonds. The van der Waals surface area contributed by atoms with Gasteiger partial charge in [-0.2, -0.15) is 8.42 Å². The molecular formula is C31H32N4O7S2. The minimum absolute atomic E-state index is 0.0429. The fourth-order valence-corrected chi connectivity index (χ4v) is 7.72. The molecule has 44 heavy (non-hydrogen) atoms. The van der Waals surface area contributed by atoms with E-state index in [1.165, 1.54) is 43.3 Å². The van der Waals surface area contributed by atoms with Crippen LogP contribution in [0.2, 0.25) is 0 Å². The Labute approximate surface area is 256 Å². The highest BCUT2D eigenvalue weighted by molar-refractivity contribution is 7.92. The first-order valence-corrected chi connectivity index (χ1v) is 16.9. The normalized spacial score (nSPS) is 20.7. The lowest BCUT2D eigenvalue weighted by Gasteiger charge is -2.39. The molecule has 0 fully saturated rings. The van der Waals surface area contributed by atoms with Crippen LogP contribution in [-0.4, -0.2) is 40.1 Å². The second-order valence-electron chi connectivity index (χ2n) is 11.6. The van der Waals surface area contributed by atoms with E-state index in [4.69, 9.17) is 0 Å². The molecule has 1 aliphatic heterocycles. The van der Waals surface area contributed by atoms with Gasteiger partial charge >= 0.3 is 0 Å². The Morgan fingerprint density at radius 1 is 1.02 bits per heavy atom. The Morgan fingerprint density at radius 3 is 2.34 bits per heavy atom. The van der Waals surface area contributed by atoms with Gasteiger partial charge in [0.2, 0.25) is 5.91 Å². The number of sulfonamides is 2. The van der Waals surface area contributed by atoms with Crippen molar-refractivity contribution in [1.82, 2.24) is 0 Å². The van der Waals surface area contributed by atoms with Crippen LogP contribution in [0.4, 0.5) is 17.1 Å². The van der Waals surface area contributed by atoms with Crippen molar-refractivity contribution in [1.29, 1.82) is 0 Å². The fourth-order valence-electron chi connectivity index (χ4n) is 5.49. The monoisotopic (exact) mass is 636 g/mol. The van der Waals surface area contributed by atoms with Crippen LogP contribution in [0.1, 0.15) is 56.5 Å². The number of fused-ring (bicyclic) bond motifs is 2. The first-order valence-electron chi connectivity index (χ1n) is 14.0. The number of hydrogen-bond acceptors (Lipinski definition) is 8. The van der Waals surface area contributed by atoms with E-state index < -0.39 is 42.9 Å². The standard InChI is InChI=1S/C31H32N4O7S2/c1-18(2)15-16-31(4)24-8-6-5-7-23(24)28(37)27(29(31)38)30-33-25-14-11-21(17-26(25)44(41,42)35-30)34-43(39,40)22-12-9-20(10-13-22)32-19(3)36/h5-14,17-18,27,34H,15-16H2,1-4H3,(H,32,36)(H,33,35). The van der Waals surface area contributed by atoms with Crippen molar-refractivity contribution in [3.63, 3.8) is 0 Å². The number of anilines is 3. The van der Waals surface area contributed by atoms with Crippen LogP contribution in [0.25, 0.3) is 0 Å². The molecule has 2 atom stereocenters.